The third-order valence-electron chi connectivity index (χ3n) is 5.68. The number of sulfone groups is 1. The second-order valence-corrected chi connectivity index (χ2v) is 10.1. The lowest BCUT2D eigenvalue weighted by Gasteiger charge is -2.30. The van der Waals surface area contributed by atoms with Crippen molar-refractivity contribution in [1.29, 1.82) is 0 Å². The van der Waals surface area contributed by atoms with Gasteiger partial charge in [0, 0.05) is 43.4 Å². The van der Waals surface area contributed by atoms with Crippen LogP contribution in [0.2, 0.25) is 0 Å². The molecule has 0 aliphatic carbocycles. The molecular weight excluding hydrogens is 436 g/mol. The number of hydrogen-bond donors (Lipinski definition) is 2. The van der Waals surface area contributed by atoms with Crippen molar-refractivity contribution in [2.24, 2.45) is 0 Å². The molecule has 4 rings (SSSR count). The van der Waals surface area contributed by atoms with Gasteiger partial charge in [-0.2, -0.15) is 0 Å². The first kappa shape index (κ1) is 22.8. The summed E-state index contributed by atoms with van der Waals surface area (Å²) in [6.45, 7) is 2.27. The van der Waals surface area contributed by atoms with E-state index in [1.165, 1.54) is 18.6 Å². The number of para-hydroxylation sites is 1. The molecule has 1 fully saturated rings. The van der Waals surface area contributed by atoms with Crippen LogP contribution < -0.4 is 15.5 Å². The Morgan fingerprint density at radius 1 is 0.939 bits per heavy atom. The van der Waals surface area contributed by atoms with Crippen LogP contribution in [0.3, 0.4) is 0 Å². The maximum absolute atomic E-state index is 13.1. The second-order valence-electron chi connectivity index (χ2n) is 8.13. The number of rotatable bonds is 7. The highest BCUT2D eigenvalue weighted by molar-refractivity contribution is 7.90. The van der Waals surface area contributed by atoms with Crippen molar-refractivity contribution in [3.8, 4) is 0 Å². The number of nitrogens with zero attached hydrogens (tertiary/aromatic N) is 2. The number of carbonyl (C=O) groups excluding carboxylic acids is 1. The molecular formula is C25H28N4O3S. The van der Waals surface area contributed by atoms with Crippen LogP contribution in [-0.4, -0.2) is 32.5 Å². The highest BCUT2D eigenvalue weighted by Gasteiger charge is 2.20. The van der Waals surface area contributed by atoms with Crippen molar-refractivity contribution in [2.75, 3.05) is 23.3 Å². The number of hydrogen-bond acceptors (Lipinski definition) is 5. The van der Waals surface area contributed by atoms with E-state index in [1.807, 2.05) is 30.3 Å². The van der Waals surface area contributed by atoms with E-state index in [0.717, 1.165) is 42.7 Å². The van der Waals surface area contributed by atoms with Crippen LogP contribution in [0.5, 0.6) is 0 Å². The van der Waals surface area contributed by atoms with E-state index >= 15 is 0 Å². The minimum Gasteiger partial charge on any atom is -0.371 e. The molecule has 1 aliphatic heterocycles. The molecule has 0 unspecified atom stereocenters. The Kier molecular flexibility index (Phi) is 7.24. The summed E-state index contributed by atoms with van der Waals surface area (Å²) >= 11 is 0. The molecule has 1 aliphatic rings. The van der Waals surface area contributed by atoms with Gasteiger partial charge in [-0.15, -0.1) is 0 Å². The number of pyridine rings is 1. The van der Waals surface area contributed by atoms with E-state index in [-0.39, 0.29) is 16.7 Å². The fourth-order valence-electron chi connectivity index (χ4n) is 3.97. The van der Waals surface area contributed by atoms with Gasteiger partial charge in [0.1, 0.15) is 0 Å². The first-order chi connectivity index (χ1) is 16.0. The summed E-state index contributed by atoms with van der Waals surface area (Å²) in [7, 11) is -3.53. The van der Waals surface area contributed by atoms with Gasteiger partial charge < -0.3 is 15.5 Å². The van der Waals surface area contributed by atoms with E-state index in [9.17, 15) is 13.2 Å². The van der Waals surface area contributed by atoms with Gasteiger partial charge in [-0.25, -0.2) is 13.2 Å². The van der Waals surface area contributed by atoms with E-state index in [4.69, 9.17) is 0 Å². The Balaban J connectivity index is 1.39. The number of piperidine rings is 1. The topological polar surface area (TPSA) is 91.4 Å². The molecule has 2 amide bonds. The SMILES string of the molecule is O=C(NCc1cccnc1)Nc1ccc(S(=O)(=O)Cc2ccccc2N2CCCCC2)cc1. The summed E-state index contributed by atoms with van der Waals surface area (Å²) in [5, 5.41) is 5.47. The number of aromatic nitrogens is 1. The molecule has 1 saturated heterocycles. The average Bonchev–Trinajstić information content (AvgIpc) is 2.84. The molecule has 3 aromatic rings. The van der Waals surface area contributed by atoms with Gasteiger partial charge >= 0.3 is 6.03 Å². The summed E-state index contributed by atoms with van der Waals surface area (Å²) in [6.07, 6.45) is 6.84. The van der Waals surface area contributed by atoms with E-state index in [2.05, 4.69) is 20.5 Å². The Bertz CT molecular complexity index is 1180. The number of nitrogens with one attached hydrogen (secondary N) is 2. The van der Waals surface area contributed by atoms with E-state index < -0.39 is 9.84 Å². The number of urea groups is 1. The predicted molar refractivity (Wildman–Crippen MR) is 130 cm³/mol. The molecule has 2 heterocycles. The van der Waals surface area contributed by atoms with E-state index in [0.29, 0.717) is 12.2 Å². The highest BCUT2D eigenvalue weighted by Crippen LogP contribution is 2.28. The zero-order valence-corrected chi connectivity index (χ0v) is 19.2. The third kappa shape index (κ3) is 6.10. The van der Waals surface area contributed by atoms with Gasteiger partial charge in [0.05, 0.1) is 10.6 Å². The summed E-state index contributed by atoms with van der Waals surface area (Å²) < 4.78 is 26.2. The maximum Gasteiger partial charge on any atom is 0.319 e. The van der Waals surface area contributed by atoms with Crippen LogP contribution in [0, 0.1) is 0 Å². The monoisotopic (exact) mass is 464 g/mol. The predicted octanol–water partition coefficient (Wildman–Crippen LogP) is 4.37. The van der Waals surface area contributed by atoms with E-state index in [1.54, 1.807) is 30.6 Å². The van der Waals surface area contributed by atoms with Crippen molar-refractivity contribution in [3.05, 3.63) is 84.2 Å². The molecule has 2 aromatic carbocycles. The Hall–Kier alpha value is -3.39. The summed E-state index contributed by atoms with van der Waals surface area (Å²) in [6, 6.07) is 17.3. The number of amides is 2. The zero-order valence-electron chi connectivity index (χ0n) is 18.4. The quantitative estimate of drug-likeness (QED) is 0.542. The number of anilines is 2. The fraction of sp³-hybridized carbons (Fsp3) is 0.280. The second kappa shape index (κ2) is 10.5. The smallest absolute Gasteiger partial charge is 0.319 e. The van der Waals surface area contributed by atoms with Gasteiger partial charge in [-0.1, -0.05) is 24.3 Å². The highest BCUT2D eigenvalue weighted by atomic mass is 32.2. The molecule has 1 aromatic heterocycles. The molecule has 7 nitrogen and oxygen atoms in total. The van der Waals surface area contributed by atoms with Crippen LogP contribution in [0.1, 0.15) is 30.4 Å². The summed E-state index contributed by atoms with van der Waals surface area (Å²) in [4.78, 5) is 18.7. The molecule has 2 N–H and O–H groups in total. The standard InChI is InChI=1S/C25H28N4O3S/c30-25(27-18-20-7-6-14-26-17-20)28-22-10-12-23(13-11-22)33(31,32)19-21-8-2-3-9-24(21)29-15-4-1-5-16-29/h2-3,6-14,17H,1,4-5,15-16,18-19H2,(H2,27,28,30). The molecule has 0 atom stereocenters. The summed E-state index contributed by atoms with van der Waals surface area (Å²) in [5.41, 5.74) is 3.23. The lowest BCUT2D eigenvalue weighted by Crippen LogP contribution is -2.30. The van der Waals surface area contributed by atoms with Crippen LogP contribution in [0.15, 0.2) is 78.0 Å². The third-order valence-corrected chi connectivity index (χ3v) is 7.36. The van der Waals surface area contributed by atoms with Crippen molar-refractivity contribution in [1.82, 2.24) is 10.3 Å². The van der Waals surface area contributed by atoms with Crippen molar-refractivity contribution in [2.45, 2.75) is 36.5 Å². The van der Waals surface area contributed by atoms with Gasteiger partial charge in [0.25, 0.3) is 0 Å². The number of benzene rings is 2. The van der Waals surface area contributed by atoms with Crippen molar-refractivity contribution >= 4 is 27.2 Å². The van der Waals surface area contributed by atoms with Gasteiger partial charge in [-0.05, 0) is 66.8 Å². The summed E-state index contributed by atoms with van der Waals surface area (Å²) in [5.74, 6) is -0.0575. The van der Waals surface area contributed by atoms with Crippen molar-refractivity contribution in [3.63, 3.8) is 0 Å². The minimum absolute atomic E-state index is 0.0575. The first-order valence-corrected chi connectivity index (χ1v) is 12.8. The minimum atomic E-state index is -3.53. The van der Waals surface area contributed by atoms with Crippen LogP contribution in [-0.2, 0) is 22.1 Å². The van der Waals surface area contributed by atoms with Crippen LogP contribution >= 0.6 is 0 Å². The largest absolute Gasteiger partial charge is 0.371 e. The fourth-order valence-corrected chi connectivity index (χ4v) is 5.34. The normalized spacial score (nSPS) is 14.0. The molecule has 8 heteroatoms. The van der Waals surface area contributed by atoms with Gasteiger partial charge in [0.15, 0.2) is 9.84 Å². The van der Waals surface area contributed by atoms with Crippen LogP contribution in [0.25, 0.3) is 0 Å². The Morgan fingerprint density at radius 2 is 1.70 bits per heavy atom. The Morgan fingerprint density at radius 3 is 2.42 bits per heavy atom. The molecule has 33 heavy (non-hydrogen) atoms. The first-order valence-electron chi connectivity index (χ1n) is 11.1. The molecule has 172 valence electrons. The molecule has 0 saturated carbocycles. The van der Waals surface area contributed by atoms with Crippen LogP contribution in [0.4, 0.5) is 16.2 Å². The zero-order chi connectivity index (χ0) is 23.1. The lowest BCUT2D eigenvalue weighted by molar-refractivity contribution is 0.251. The molecule has 0 bridgehead atoms. The molecule has 0 spiro atoms. The van der Waals surface area contributed by atoms with Gasteiger partial charge in [-0.3, -0.25) is 4.98 Å². The molecule has 0 radical (unpaired) electrons. The maximum atomic E-state index is 13.1. The lowest BCUT2D eigenvalue weighted by atomic mass is 10.1. The van der Waals surface area contributed by atoms with Crippen molar-refractivity contribution < 1.29 is 13.2 Å². The number of carbonyl (C=O) groups is 1. The Labute approximate surface area is 194 Å². The van der Waals surface area contributed by atoms with Gasteiger partial charge in [0.2, 0.25) is 0 Å². The average molecular weight is 465 g/mol.